The van der Waals surface area contributed by atoms with E-state index in [1.165, 1.54) is 13.3 Å². The van der Waals surface area contributed by atoms with Crippen molar-refractivity contribution in [2.75, 3.05) is 7.11 Å². The molecule has 0 unspecified atom stereocenters. The summed E-state index contributed by atoms with van der Waals surface area (Å²) in [5.74, 6) is -0.462. The first-order valence-electron chi connectivity index (χ1n) is 4.58. The number of aromatic nitrogens is 1. The molecule has 1 rings (SSSR count). The summed E-state index contributed by atoms with van der Waals surface area (Å²) >= 11 is 5.02. The topological polar surface area (TPSA) is 39.2 Å². The Morgan fingerprint density at radius 1 is 1.65 bits per heavy atom. The van der Waals surface area contributed by atoms with Crippen LogP contribution in [0.25, 0.3) is 0 Å². The van der Waals surface area contributed by atoms with Gasteiger partial charge in [0.1, 0.15) is 5.69 Å². The number of nitrogens with zero attached hydrogens (tertiary/aromatic N) is 1. The fourth-order valence-electron chi connectivity index (χ4n) is 1.25. The first kappa shape index (κ1) is 14.7. The van der Waals surface area contributed by atoms with Gasteiger partial charge in [0.15, 0.2) is 0 Å². The molecular formula is C10H9BrF2INO2. The lowest BCUT2D eigenvalue weighted by atomic mass is 10.1. The van der Waals surface area contributed by atoms with Crippen molar-refractivity contribution in [2.45, 2.75) is 18.2 Å². The maximum atomic E-state index is 12.7. The van der Waals surface area contributed by atoms with Crippen molar-refractivity contribution in [1.29, 1.82) is 0 Å². The van der Waals surface area contributed by atoms with E-state index >= 15 is 0 Å². The Bertz CT molecular complexity index is 429. The zero-order valence-electron chi connectivity index (χ0n) is 8.84. The van der Waals surface area contributed by atoms with Crippen LogP contribution in [0.4, 0.5) is 8.78 Å². The second-order valence-corrected chi connectivity index (χ2v) is 4.79. The van der Waals surface area contributed by atoms with Gasteiger partial charge < -0.3 is 4.74 Å². The Morgan fingerprint density at radius 3 is 2.76 bits per heavy atom. The fraction of sp³-hybridized carbons (Fsp3) is 0.400. The number of hydrogen-bond donors (Lipinski definition) is 0. The van der Waals surface area contributed by atoms with Crippen LogP contribution >= 0.6 is 38.5 Å². The molecule has 17 heavy (non-hydrogen) atoms. The molecule has 0 atom stereocenters. The van der Waals surface area contributed by atoms with Gasteiger partial charge in [0.25, 0.3) is 6.43 Å². The summed E-state index contributed by atoms with van der Waals surface area (Å²) in [6.45, 7) is 0. The number of carbonyl (C=O) groups is 1. The molecule has 94 valence electrons. The Labute approximate surface area is 119 Å². The van der Waals surface area contributed by atoms with E-state index in [2.05, 4.69) is 25.7 Å². The van der Waals surface area contributed by atoms with Gasteiger partial charge in [-0.2, -0.15) is 0 Å². The monoisotopic (exact) mass is 419 g/mol. The van der Waals surface area contributed by atoms with Gasteiger partial charge in [-0.3, -0.25) is 9.78 Å². The number of hydrogen-bond acceptors (Lipinski definition) is 3. The van der Waals surface area contributed by atoms with Gasteiger partial charge in [0.2, 0.25) is 0 Å². The normalized spacial score (nSPS) is 10.7. The molecule has 0 aromatic carbocycles. The molecule has 0 fully saturated rings. The highest BCUT2D eigenvalue weighted by Crippen LogP contribution is 2.28. The molecule has 0 bridgehead atoms. The average molecular weight is 420 g/mol. The highest BCUT2D eigenvalue weighted by Gasteiger charge is 2.20. The van der Waals surface area contributed by atoms with Crippen molar-refractivity contribution in [3.8, 4) is 0 Å². The molecule has 0 saturated heterocycles. The number of rotatable bonds is 4. The second-order valence-electron chi connectivity index (χ2n) is 3.15. The van der Waals surface area contributed by atoms with Crippen molar-refractivity contribution in [3.63, 3.8) is 0 Å². The second kappa shape index (κ2) is 6.58. The van der Waals surface area contributed by atoms with Crippen molar-refractivity contribution in [3.05, 3.63) is 26.6 Å². The Morgan fingerprint density at radius 2 is 2.29 bits per heavy atom. The molecule has 1 heterocycles. The summed E-state index contributed by atoms with van der Waals surface area (Å²) in [7, 11) is 1.26. The van der Waals surface area contributed by atoms with Crippen LogP contribution in [0.2, 0.25) is 0 Å². The molecule has 0 aliphatic heterocycles. The number of halogens is 4. The van der Waals surface area contributed by atoms with E-state index in [9.17, 15) is 13.6 Å². The number of ether oxygens (including phenoxy) is 1. The van der Waals surface area contributed by atoms with Gasteiger partial charge in [-0.15, -0.1) is 0 Å². The summed E-state index contributed by atoms with van der Waals surface area (Å²) in [4.78, 5) is 14.9. The molecule has 0 N–H and O–H groups in total. The SMILES string of the molecule is COC(=O)Cc1c(CBr)cnc(C(F)F)c1I. The van der Waals surface area contributed by atoms with E-state index in [-0.39, 0.29) is 12.1 Å². The summed E-state index contributed by atoms with van der Waals surface area (Å²) in [5, 5.41) is 0.450. The van der Waals surface area contributed by atoms with E-state index in [0.29, 0.717) is 20.0 Å². The third-order valence-corrected chi connectivity index (χ3v) is 3.94. The predicted octanol–water partition coefficient (Wildman–Crippen LogP) is 3.23. The third-order valence-electron chi connectivity index (χ3n) is 2.14. The molecule has 0 aliphatic rings. The summed E-state index contributed by atoms with van der Waals surface area (Å²) in [5.41, 5.74) is 0.957. The van der Waals surface area contributed by atoms with Crippen LogP contribution in [0.15, 0.2) is 6.20 Å². The summed E-state index contributed by atoms with van der Waals surface area (Å²) < 4.78 is 30.2. The quantitative estimate of drug-likeness (QED) is 0.427. The van der Waals surface area contributed by atoms with Gasteiger partial charge in [0.05, 0.1) is 13.5 Å². The smallest absolute Gasteiger partial charge is 0.310 e. The van der Waals surface area contributed by atoms with Crippen molar-refractivity contribution < 1.29 is 18.3 Å². The van der Waals surface area contributed by atoms with Crippen molar-refractivity contribution >= 4 is 44.5 Å². The van der Waals surface area contributed by atoms with Crippen molar-refractivity contribution in [1.82, 2.24) is 4.98 Å². The zero-order valence-corrected chi connectivity index (χ0v) is 12.6. The maximum Gasteiger partial charge on any atom is 0.310 e. The molecule has 0 spiro atoms. The predicted molar refractivity (Wildman–Crippen MR) is 70.3 cm³/mol. The van der Waals surface area contributed by atoms with Crippen molar-refractivity contribution in [2.24, 2.45) is 0 Å². The van der Waals surface area contributed by atoms with Crippen LogP contribution in [0.1, 0.15) is 23.2 Å². The highest BCUT2D eigenvalue weighted by molar-refractivity contribution is 14.1. The zero-order chi connectivity index (χ0) is 13.0. The fourth-order valence-corrected chi connectivity index (χ4v) is 2.65. The van der Waals surface area contributed by atoms with E-state index in [0.717, 1.165) is 0 Å². The Balaban J connectivity index is 3.22. The molecule has 0 radical (unpaired) electrons. The lowest BCUT2D eigenvalue weighted by Crippen LogP contribution is -2.11. The molecule has 0 saturated carbocycles. The lowest BCUT2D eigenvalue weighted by Gasteiger charge is -2.11. The number of esters is 1. The van der Waals surface area contributed by atoms with Gasteiger partial charge in [0, 0.05) is 15.1 Å². The van der Waals surface area contributed by atoms with Crippen LogP contribution < -0.4 is 0 Å². The highest BCUT2D eigenvalue weighted by atomic mass is 127. The summed E-state index contributed by atoms with van der Waals surface area (Å²) in [6, 6.07) is 0. The molecule has 0 aliphatic carbocycles. The van der Waals surface area contributed by atoms with Crippen LogP contribution in [0.5, 0.6) is 0 Å². The van der Waals surface area contributed by atoms with Gasteiger partial charge >= 0.3 is 5.97 Å². The molecule has 3 nitrogen and oxygen atoms in total. The minimum absolute atomic E-state index is 0.0298. The molecule has 7 heteroatoms. The third kappa shape index (κ3) is 3.57. The standard InChI is InChI=1S/C10H9BrF2INO2/c1-17-7(16)2-6-5(3-11)4-15-9(8(6)14)10(12)13/h4,10H,2-3H2,1H3. The number of alkyl halides is 3. The van der Waals surface area contributed by atoms with E-state index < -0.39 is 12.4 Å². The minimum Gasteiger partial charge on any atom is -0.469 e. The average Bonchev–Trinajstić information content (AvgIpc) is 2.30. The first-order valence-corrected chi connectivity index (χ1v) is 6.78. The van der Waals surface area contributed by atoms with E-state index in [1.54, 1.807) is 22.6 Å². The lowest BCUT2D eigenvalue weighted by molar-refractivity contribution is -0.139. The number of carbonyl (C=O) groups excluding carboxylic acids is 1. The summed E-state index contributed by atoms with van der Waals surface area (Å²) in [6.07, 6.45) is -1.32. The van der Waals surface area contributed by atoms with E-state index in [1.807, 2.05) is 0 Å². The molecule has 1 aromatic heterocycles. The number of methoxy groups -OCH3 is 1. The number of pyridine rings is 1. The molecule has 1 aromatic rings. The van der Waals surface area contributed by atoms with Gasteiger partial charge in [-0.05, 0) is 33.7 Å². The van der Waals surface area contributed by atoms with Crippen LogP contribution in [-0.4, -0.2) is 18.1 Å². The Hall–Kier alpha value is -0.310. The van der Waals surface area contributed by atoms with Crippen LogP contribution in [-0.2, 0) is 21.3 Å². The first-order chi connectivity index (χ1) is 8.01. The molecular weight excluding hydrogens is 411 g/mol. The molecule has 0 amide bonds. The Kier molecular flexibility index (Phi) is 5.71. The maximum absolute atomic E-state index is 12.7. The van der Waals surface area contributed by atoms with Crippen LogP contribution in [0.3, 0.4) is 0 Å². The van der Waals surface area contributed by atoms with Gasteiger partial charge in [-0.25, -0.2) is 8.78 Å². The largest absolute Gasteiger partial charge is 0.469 e. The van der Waals surface area contributed by atoms with Crippen LogP contribution in [0, 0.1) is 3.57 Å². The van der Waals surface area contributed by atoms with E-state index in [4.69, 9.17) is 0 Å². The van der Waals surface area contributed by atoms with Gasteiger partial charge in [-0.1, -0.05) is 15.9 Å². The minimum atomic E-state index is -2.65.